The molecule has 2 rings (SSSR count). The number of hydrogen-bond acceptors (Lipinski definition) is 5. The zero-order valence-electron chi connectivity index (χ0n) is 14.5. The van der Waals surface area contributed by atoms with Gasteiger partial charge in [0.2, 0.25) is 0 Å². The first kappa shape index (κ1) is 19.5. The van der Waals surface area contributed by atoms with Crippen LogP contribution in [0.4, 0.5) is 5.69 Å². The number of ether oxygens (including phenoxy) is 2. The topological polar surface area (TPSA) is 81.9 Å². The molecule has 0 aromatic heterocycles. The van der Waals surface area contributed by atoms with Crippen molar-refractivity contribution in [2.75, 3.05) is 20.3 Å². The van der Waals surface area contributed by atoms with Gasteiger partial charge in [0.1, 0.15) is 11.5 Å². The van der Waals surface area contributed by atoms with Crippen LogP contribution < -0.4 is 9.47 Å². The number of amides is 1. The van der Waals surface area contributed by atoms with E-state index in [1.807, 2.05) is 31.2 Å². The predicted octanol–water partition coefficient (Wildman–Crippen LogP) is 3.68. The standard InChI is InChI=1S/C18H19ClN2O5/c1-3-25-15-7-4-13(5-8-15)11-20(2)18(22)12-26-17-9-6-14(21(23)24)10-16(17)19/h4-10H,3,11-12H2,1-2H3. The van der Waals surface area contributed by atoms with Crippen molar-refractivity contribution in [1.82, 2.24) is 4.90 Å². The number of carbonyl (C=O) groups is 1. The molecule has 8 heteroatoms. The summed E-state index contributed by atoms with van der Waals surface area (Å²) in [6.07, 6.45) is 0. The molecular weight excluding hydrogens is 360 g/mol. The number of likely N-dealkylation sites (N-methyl/N-ethyl adjacent to an activating group) is 1. The van der Waals surface area contributed by atoms with Crippen LogP contribution in [0.1, 0.15) is 12.5 Å². The number of non-ortho nitro benzene ring substituents is 1. The Balaban J connectivity index is 1.89. The SMILES string of the molecule is CCOc1ccc(CN(C)C(=O)COc2ccc([N+](=O)[O-])cc2Cl)cc1. The first-order chi connectivity index (χ1) is 12.4. The van der Waals surface area contributed by atoms with Crippen LogP contribution in [0.15, 0.2) is 42.5 Å². The van der Waals surface area contributed by atoms with E-state index in [1.54, 1.807) is 7.05 Å². The minimum Gasteiger partial charge on any atom is -0.494 e. The van der Waals surface area contributed by atoms with Gasteiger partial charge in [-0.3, -0.25) is 14.9 Å². The van der Waals surface area contributed by atoms with Crippen LogP contribution in [-0.4, -0.2) is 36.0 Å². The van der Waals surface area contributed by atoms with Gasteiger partial charge in [0.25, 0.3) is 11.6 Å². The smallest absolute Gasteiger partial charge is 0.271 e. The van der Waals surface area contributed by atoms with Crippen LogP contribution >= 0.6 is 11.6 Å². The third kappa shape index (κ3) is 5.35. The van der Waals surface area contributed by atoms with E-state index in [0.29, 0.717) is 13.2 Å². The van der Waals surface area contributed by atoms with E-state index in [1.165, 1.54) is 23.1 Å². The molecule has 2 aromatic carbocycles. The van der Waals surface area contributed by atoms with Gasteiger partial charge < -0.3 is 14.4 Å². The third-order valence-electron chi connectivity index (χ3n) is 3.56. The Labute approximate surface area is 156 Å². The average Bonchev–Trinajstić information content (AvgIpc) is 2.62. The van der Waals surface area contributed by atoms with E-state index in [-0.39, 0.29) is 29.0 Å². The Morgan fingerprint density at radius 3 is 2.46 bits per heavy atom. The Bertz CT molecular complexity index is 780. The van der Waals surface area contributed by atoms with Gasteiger partial charge in [-0.05, 0) is 30.7 Å². The zero-order valence-corrected chi connectivity index (χ0v) is 15.2. The lowest BCUT2D eigenvalue weighted by Crippen LogP contribution is -2.31. The number of rotatable bonds is 8. The summed E-state index contributed by atoms with van der Waals surface area (Å²) < 4.78 is 10.8. The molecule has 0 aliphatic carbocycles. The molecule has 26 heavy (non-hydrogen) atoms. The second kappa shape index (κ2) is 9.05. The molecule has 0 atom stereocenters. The molecule has 7 nitrogen and oxygen atoms in total. The molecule has 2 aromatic rings. The molecule has 0 bridgehead atoms. The maximum atomic E-state index is 12.2. The molecule has 0 aliphatic heterocycles. The van der Waals surface area contributed by atoms with E-state index in [2.05, 4.69) is 0 Å². The van der Waals surface area contributed by atoms with Crippen LogP contribution in [0.5, 0.6) is 11.5 Å². The van der Waals surface area contributed by atoms with Crippen LogP contribution in [0.2, 0.25) is 5.02 Å². The maximum absolute atomic E-state index is 12.2. The fourth-order valence-corrected chi connectivity index (χ4v) is 2.42. The molecule has 0 radical (unpaired) electrons. The average molecular weight is 379 g/mol. The van der Waals surface area contributed by atoms with Crippen LogP contribution in [0.3, 0.4) is 0 Å². The number of benzene rings is 2. The van der Waals surface area contributed by atoms with Crippen molar-refractivity contribution in [2.45, 2.75) is 13.5 Å². The molecular formula is C18H19ClN2O5. The van der Waals surface area contributed by atoms with Crippen molar-refractivity contribution in [2.24, 2.45) is 0 Å². The fraction of sp³-hybridized carbons (Fsp3) is 0.278. The van der Waals surface area contributed by atoms with Gasteiger partial charge in [-0.2, -0.15) is 0 Å². The fourth-order valence-electron chi connectivity index (χ4n) is 2.19. The summed E-state index contributed by atoms with van der Waals surface area (Å²) in [4.78, 5) is 23.9. The molecule has 0 fully saturated rings. The molecule has 1 amide bonds. The highest BCUT2D eigenvalue weighted by Gasteiger charge is 2.14. The van der Waals surface area contributed by atoms with E-state index in [0.717, 1.165) is 11.3 Å². The first-order valence-electron chi connectivity index (χ1n) is 7.93. The molecule has 0 saturated heterocycles. The normalized spacial score (nSPS) is 10.3. The van der Waals surface area contributed by atoms with E-state index in [4.69, 9.17) is 21.1 Å². The molecule has 0 spiro atoms. The van der Waals surface area contributed by atoms with Crippen molar-refractivity contribution >= 4 is 23.2 Å². The first-order valence-corrected chi connectivity index (χ1v) is 8.31. The van der Waals surface area contributed by atoms with Gasteiger partial charge >= 0.3 is 0 Å². The summed E-state index contributed by atoms with van der Waals surface area (Å²) in [6, 6.07) is 11.3. The summed E-state index contributed by atoms with van der Waals surface area (Å²) in [6.45, 7) is 2.71. The van der Waals surface area contributed by atoms with E-state index >= 15 is 0 Å². The van der Waals surface area contributed by atoms with Gasteiger partial charge in [-0.1, -0.05) is 23.7 Å². The van der Waals surface area contributed by atoms with Crippen LogP contribution in [-0.2, 0) is 11.3 Å². The van der Waals surface area contributed by atoms with Crippen molar-refractivity contribution < 1.29 is 19.2 Å². The molecule has 0 N–H and O–H groups in total. The number of carbonyl (C=O) groups excluding carboxylic acids is 1. The number of nitro benzene ring substituents is 1. The lowest BCUT2D eigenvalue weighted by molar-refractivity contribution is -0.384. The summed E-state index contributed by atoms with van der Waals surface area (Å²) >= 11 is 5.94. The van der Waals surface area contributed by atoms with E-state index < -0.39 is 4.92 Å². The van der Waals surface area contributed by atoms with Gasteiger partial charge in [0.05, 0.1) is 16.6 Å². The Kier molecular flexibility index (Phi) is 6.80. The Morgan fingerprint density at radius 2 is 1.88 bits per heavy atom. The Morgan fingerprint density at radius 1 is 1.19 bits per heavy atom. The van der Waals surface area contributed by atoms with Gasteiger partial charge in [0.15, 0.2) is 6.61 Å². The van der Waals surface area contributed by atoms with Crippen molar-refractivity contribution in [3.8, 4) is 11.5 Å². The molecule has 0 saturated carbocycles. The van der Waals surface area contributed by atoms with Crippen LogP contribution in [0.25, 0.3) is 0 Å². The highest BCUT2D eigenvalue weighted by molar-refractivity contribution is 6.32. The van der Waals surface area contributed by atoms with Gasteiger partial charge in [-0.25, -0.2) is 0 Å². The lowest BCUT2D eigenvalue weighted by Gasteiger charge is -2.18. The second-order valence-electron chi connectivity index (χ2n) is 5.49. The predicted molar refractivity (Wildman–Crippen MR) is 97.7 cm³/mol. The number of nitrogens with zero attached hydrogens (tertiary/aromatic N) is 2. The molecule has 0 unspecified atom stereocenters. The zero-order chi connectivity index (χ0) is 19.1. The van der Waals surface area contributed by atoms with Crippen molar-refractivity contribution in [3.63, 3.8) is 0 Å². The third-order valence-corrected chi connectivity index (χ3v) is 3.85. The highest BCUT2D eigenvalue weighted by Crippen LogP contribution is 2.28. The monoisotopic (exact) mass is 378 g/mol. The molecule has 138 valence electrons. The second-order valence-corrected chi connectivity index (χ2v) is 5.89. The van der Waals surface area contributed by atoms with Crippen molar-refractivity contribution in [3.05, 3.63) is 63.2 Å². The van der Waals surface area contributed by atoms with Gasteiger partial charge in [-0.15, -0.1) is 0 Å². The number of halogens is 1. The number of nitro groups is 1. The highest BCUT2D eigenvalue weighted by atomic mass is 35.5. The summed E-state index contributed by atoms with van der Waals surface area (Å²) in [5.74, 6) is 0.759. The number of hydrogen-bond donors (Lipinski definition) is 0. The largest absolute Gasteiger partial charge is 0.494 e. The molecule has 0 aliphatic rings. The Hall–Kier alpha value is -2.80. The minimum absolute atomic E-state index is 0.0844. The van der Waals surface area contributed by atoms with Crippen LogP contribution in [0, 0.1) is 10.1 Å². The lowest BCUT2D eigenvalue weighted by atomic mass is 10.2. The van der Waals surface area contributed by atoms with E-state index in [9.17, 15) is 14.9 Å². The van der Waals surface area contributed by atoms with Crippen molar-refractivity contribution in [1.29, 1.82) is 0 Å². The quantitative estimate of drug-likeness (QED) is 0.517. The summed E-state index contributed by atoms with van der Waals surface area (Å²) in [7, 11) is 1.67. The maximum Gasteiger partial charge on any atom is 0.271 e. The molecule has 0 heterocycles. The summed E-state index contributed by atoms with van der Waals surface area (Å²) in [5.41, 5.74) is 0.818. The van der Waals surface area contributed by atoms with Gasteiger partial charge in [0, 0.05) is 25.7 Å². The summed E-state index contributed by atoms with van der Waals surface area (Å²) in [5, 5.41) is 10.8. The minimum atomic E-state index is -0.550.